The van der Waals surface area contributed by atoms with Gasteiger partial charge in [0.2, 0.25) is 0 Å². The van der Waals surface area contributed by atoms with Gasteiger partial charge in [-0.2, -0.15) is 0 Å². The molecule has 2 fully saturated rings. The van der Waals surface area contributed by atoms with Crippen molar-refractivity contribution < 1.29 is 0 Å². The lowest BCUT2D eigenvalue weighted by Gasteiger charge is -2.16. The van der Waals surface area contributed by atoms with Crippen molar-refractivity contribution in [2.75, 3.05) is 19.6 Å². The molecule has 17 heavy (non-hydrogen) atoms. The fourth-order valence-corrected chi connectivity index (χ4v) is 3.27. The maximum absolute atomic E-state index is 3.72. The molecule has 0 aliphatic carbocycles. The van der Waals surface area contributed by atoms with Crippen molar-refractivity contribution in [2.45, 2.75) is 31.8 Å². The van der Waals surface area contributed by atoms with Crippen LogP contribution in [0.2, 0.25) is 0 Å². The molecule has 0 aromatic heterocycles. The third kappa shape index (κ3) is 2.70. The maximum atomic E-state index is 3.72. The van der Waals surface area contributed by atoms with Gasteiger partial charge in [-0.05, 0) is 30.9 Å². The second-order valence-electron chi connectivity index (χ2n) is 5.50. The summed E-state index contributed by atoms with van der Waals surface area (Å²) in [6, 6.07) is 11.6. The molecule has 92 valence electrons. The van der Waals surface area contributed by atoms with E-state index < -0.39 is 0 Å². The highest BCUT2D eigenvalue weighted by Gasteiger charge is 2.32. The molecule has 1 N–H and O–H groups in total. The van der Waals surface area contributed by atoms with Crippen molar-refractivity contribution in [1.29, 1.82) is 0 Å². The molecule has 2 aliphatic rings. The lowest BCUT2D eigenvalue weighted by molar-refractivity contribution is 0.309. The highest BCUT2D eigenvalue weighted by Crippen LogP contribution is 2.25. The Morgan fingerprint density at radius 1 is 1.12 bits per heavy atom. The summed E-state index contributed by atoms with van der Waals surface area (Å²) in [6.45, 7) is 4.86. The molecule has 0 bridgehead atoms. The zero-order valence-electron chi connectivity index (χ0n) is 10.4. The van der Waals surface area contributed by atoms with Crippen LogP contribution in [0, 0.1) is 5.92 Å². The average Bonchev–Trinajstić information content (AvgIpc) is 2.60. The van der Waals surface area contributed by atoms with Crippen LogP contribution >= 0.6 is 0 Å². The van der Waals surface area contributed by atoms with Gasteiger partial charge < -0.3 is 5.32 Å². The summed E-state index contributed by atoms with van der Waals surface area (Å²) < 4.78 is 0. The van der Waals surface area contributed by atoms with Crippen molar-refractivity contribution >= 4 is 0 Å². The fourth-order valence-electron chi connectivity index (χ4n) is 3.27. The number of likely N-dealkylation sites (tertiary alicyclic amines) is 1. The summed E-state index contributed by atoms with van der Waals surface area (Å²) >= 11 is 0. The van der Waals surface area contributed by atoms with Crippen molar-refractivity contribution in [3.05, 3.63) is 35.9 Å². The first kappa shape index (κ1) is 11.2. The van der Waals surface area contributed by atoms with Gasteiger partial charge in [0.15, 0.2) is 0 Å². The molecule has 2 nitrogen and oxygen atoms in total. The number of nitrogens with one attached hydrogen (secondary N) is 1. The monoisotopic (exact) mass is 230 g/mol. The van der Waals surface area contributed by atoms with E-state index in [4.69, 9.17) is 0 Å². The molecule has 0 spiro atoms. The Balaban J connectivity index is 1.60. The number of rotatable bonds is 2. The largest absolute Gasteiger partial charge is 0.312 e. The molecule has 2 atom stereocenters. The van der Waals surface area contributed by atoms with Crippen molar-refractivity contribution in [1.82, 2.24) is 10.2 Å². The van der Waals surface area contributed by atoms with Crippen LogP contribution in [0.15, 0.2) is 30.3 Å². The van der Waals surface area contributed by atoms with Gasteiger partial charge in [-0.15, -0.1) is 0 Å². The van der Waals surface area contributed by atoms with Gasteiger partial charge in [0.05, 0.1) is 0 Å². The van der Waals surface area contributed by atoms with Gasteiger partial charge in [-0.25, -0.2) is 0 Å². The van der Waals surface area contributed by atoms with Crippen LogP contribution in [0.3, 0.4) is 0 Å². The van der Waals surface area contributed by atoms with E-state index in [1.807, 2.05) is 0 Å². The van der Waals surface area contributed by atoms with E-state index in [9.17, 15) is 0 Å². The van der Waals surface area contributed by atoms with Crippen LogP contribution in [0.4, 0.5) is 0 Å². The van der Waals surface area contributed by atoms with Crippen molar-refractivity contribution in [2.24, 2.45) is 5.92 Å². The molecular weight excluding hydrogens is 208 g/mol. The molecule has 2 unspecified atom stereocenters. The van der Waals surface area contributed by atoms with Crippen LogP contribution in [0.1, 0.15) is 24.8 Å². The van der Waals surface area contributed by atoms with Crippen LogP contribution in [0.25, 0.3) is 0 Å². The van der Waals surface area contributed by atoms with E-state index in [0.29, 0.717) is 0 Å². The summed E-state index contributed by atoms with van der Waals surface area (Å²) in [7, 11) is 0. The van der Waals surface area contributed by atoms with Crippen LogP contribution in [-0.2, 0) is 6.54 Å². The van der Waals surface area contributed by atoms with E-state index in [-0.39, 0.29) is 0 Å². The second kappa shape index (κ2) is 5.19. The normalized spacial score (nSPS) is 29.9. The molecule has 2 saturated heterocycles. The SMILES string of the molecule is c1ccc(CN2CC3CCCCNC3C2)cc1. The minimum absolute atomic E-state index is 0.751. The van der Waals surface area contributed by atoms with E-state index in [1.54, 1.807) is 0 Å². The molecule has 2 heteroatoms. The molecule has 0 amide bonds. The lowest BCUT2D eigenvalue weighted by Crippen LogP contribution is -2.35. The predicted octanol–water partition coefficient (Wildman–Crippen LogP) is 2.26. The molecule has 2 heterocycles. The van der Waals surface area contributed by atoms with E-state index in [0.717, 1.165) is 18.5 Å². The standard InChI is InChI=1S/C15H22N2/c1-2-6-13(7-3-1)10-17-11-14-8-4-5-9-16-15(14)12-17/h1-3,6-7,14-16H,4-5,8-12H2. The fraction of sp³-hybridized carbons (Fsp3) is 0.600. The number of hydrogen-bond acceptors (Lipinski definition) is 2. The third-order valence-corrected chi connectivity index (χ3v) is 4.17. The highest BCUT2D eigenvalue weighted by molar-refractivity contribution is 5.14. The first-order valence-corrected chi connectivity index (χ1v) is 6.91. The summed E-state index contributed by atoms with van der Waals surface area (Å²) in [4.78, 5) is 2.61. The minimum Gasteiger partial charge on any atom is -0.312 e. The summed E-state index contributed by atoms with van der Waals surface area (Å²) in [5.74, 6) is 0.890. The zero-order valence-corrected chi connectivity index (χ0v) is 10.4. The molecule has 0 radical (unpaired) electrons. The number of hydrogen-bond donors (Lipinski definition) is 1. The van der Waals surface area contributed by atoms with Gasteiger partial charge in [-0.3, -0.25) is 4.90 Å². The van der Waals surface area contributed by atoms with Gasteiger partial charge in [-0.1, -0.05) is 36.8 Å². The van der Waals surface area contributed by atoms with Crippen molar-refractivity contribution in [3.8, 4) is 0 Å². The molecule has 1 aromatic carbocycles. The van der Waals surface area contributed by atoms with Crippen LogP contribution < -0.4 is 5.32 Å². The van der Waals surface area contributed by atoms with Crippen LogP contribution in [-0.4, -0.2) is 30.6 Å². The molecule has 2 aliphatic heterocycles. The first-order chi connectivity index (χ1) is 8.42. The number of nitrogens with zero attached hydrogens (tertiary/aromatic N) is 1. The number of fused-ring (bicyclic) bond motifs is 1. The Morgan fingerprint density at radius 3 is 2.88 bits per heavy atom. The van der Waals surface area contributed by atoms with Crippen LogP contribution in [0.5, 0.6) is 0 Å². The summed E-state index contributed by atoms with van der Waals surface area (Å²) in [5, 5.41) is 3.72. The van der Waals surface area contributed by atoms with Gasteiger partial charge >= 0.3 is 0 Å². The lowest BCUT2D eigenvalue weighted by atomic mass is 9.99. The Hall–Kier alpha value is -0.860. The minimum atomic E-state index is 0.751. The van der Waals surface area contributed by atoms with Gasteiger partial charge in [0.25, 0.3) is 0 Å². The third-order valence-electron chi connectivity index (χ3n) is 4.17. The van der Waals surface area contributed by atoms with E-state index in [2.05, 4.69) is 40.5 Å². The smallest absolute Gasteiger partial charge is 0.0235 e. The van der Waals surface area contributed by atoms with Gasteiger partial charge in [0, 0.05) is 25.7 Å². The Bertz CT molecular complexity index is 335. The Morgan fingerprint density at radius 2 is 2.00 bits per heavy atom. The van der Waals surface area contributed by atoms with Crippen molar-refractivity contribution in [3.63, 3.8) is 0 Å². The quantitative estimate of drug-likeness (QED) is 0.838. The van der Waals surface area contributed by atoms with Gasteiger partial charge in [0.1, 0.15) is 0 Å². The Kier molecular flexibility index (Phi) is 3.44. The topological polar surface area (TPSA) is 15.3 Å². The number of benzene rings is 1. The van der Waals surface area contributed by atoms with E-state index in [1.165, 1.54) is 44.5 Å². The highest BCUT2D eigenvalue weighted by atomic mass is 15.2. The predicted molar refractivity (Wildman–Crippen MR) is 70.9 cm³/mol. The molecule has 1 aromatic rings. The first-order valence-electron chi connectivity index (χ1n) is 6.91. The zero-order chi connectivity index (χ0) is 11.5. The average molecular weight is 230 g/mol. The molecule has 0 saturated carbocycles. The Labute approximate surface area is 104 Å². The summed E-state index contributed by atoms with van der Waals surface area (Å²) in [5.41, 5.74) is 1.45. The summed E-state index contributed by atoms with van der Waals surface area (Å²) in [6.07, 6.45) is 4.20. The molecule has 3 rings (SSSR count). The molecular formula is C15H22N2. The maximum Gasteiger partial charge on any atom is 0.0235 e. The van der Waals surface area contributed by atoms with E-state index >= 15 is 0 Å². The second-order valence-corrected chi connectivity index (χ2v) is 5.50.